The Labute approximate surface area is 108 Å². The predicted molar refractivity (Wildman–Crippen MR) is 63.1 cm³/mol. The van der Waals surface area contributed by atoms with Gasteiger partial charge in [-0.3, -0.25) is 4.68 Å². The summed E-state index contributed by atoms with van der Waals surface area (Å²) in [6, 6.07) is 2.56. The molecule has 84 valence electrons. The van der Waals surface area contributed by atoms with Crippen LogP contribution < -0.4 is 0 Å². The minimum Gasteiger partial charge on any atom is -0.267 e. The van der Waals surface area contributed by atoms with Crippen LogP contribution in [0.5, 0.6) is 0 Å². The van der Waals surface area contributed by atoms with Crippen molar-refractivity contribution in [2.45, 2.75) is 6.54 Å². The summed E-state index contributed by atoms with van der Waals surface area (Å²) in [6.07, 6.45) is 3.22. The second kappa shape index (κ2) is 4.63. The van der Waals surface area contributed by atoms with Crippen molar-refractivity contribution in [3.05, 3.63) is 50.7 Å². The summed E-state index contributed by atoms with van der Waals surface area (Å²) >= 11 is 6.24. The summed E-state index contributed by atoms with van der Waals surface area (Å²) in [7, 11) is 0. The molecule has 0 aliphatic carbocycles. The van der Waals surface area contributed by atoms with Crippen LogP contribution in [0.3, 0.4) is 0 Å². The molecule has 0 atom stereocenters. The van der Waals surface area contributed by atoms with Gasteiger partial charge in [0.2, 0.25) is 0 Å². The van der Waals surface area contributed by atoms with Crippen molar-refractivity contribution in [2.24, 2.45) is 0 Å². The molecule has 0 saturated carbocycles. The van der Waals surface area contributed by atoms with Gasteiger partial charge in [-0.1, -0.05) is 0 Å². The SMILES string of the molecule is Fc1ccc(Br)c(F)c1Cn1cc(Br)cn1. The van der Waals surface area contributed by atoms with Crippen molar-refractivity contribution in [1.82, 2.24) is 9.78 Å². The first kappa shape index (κ1) is 11.7. The number of rotatable bonds is 2. The summed E-state index contributed by atoms with van der Waals surface area (Å²) in [6.45, 7) is 0.0582. The number of aromatic nitrogens is 2. The second-order valence-electron chi connectivity index (χ2n) is 3.18. The number of halogens is 4. The number of hydrogen-bond donors (Lipinski definition) is 0. The third-order valence-electron chi connectivity index (χ3n) is 2.06. The highest BCUT2D eigenvalue weighted by molar-refractivity contribution is 9.10. The zero-order valence-corrected chi connectivity index (χ0v) is 11.1. The first-order valence-electron chi connectivity index (χ1n) is 4.38. The first-order valence-corrected chi connectivity index (χ1v) is 5.97. The normalized spacial score (nSPS) is 10.8. The van der Waals surface area contributed by atoms with E-state index >= 15 is 0 Å². The van der Waals surface area contributed by atoms with E-state index in [4.69, 9.17) is 0 Å². The molecule has 1 heterocycles. The standard InChI is InChI=1S/C10H6Br2F2N2/c11-6-3-15-16(4-6)5-7-9(13)2-1-8(12)10(7)14/h1-4H,5H2. The third kappa shape index (κ3) is 2.32. The number of benzene rings is 1. The molecule has 2 rings (SSSR count). The molecule has 0 aliphatic rings. The van der Waals surface area contributed by atoms with Gasteiger partial charge in [-0.05, 0) is 44.0 Å². The molecule has 1 aromatic carbocycles. The third-order valence-corrected chi connectivity index (χ3v) is 3.08. The largest absolute Gasteiger partial charge is 0.267 e. The molecular formula is C10H6Br2F2N2. The minimum atomic E-state index is -0.591. The molecule has 1 aromatic heterocycles. The van der Waals surface area contributed by atoms with E-state index in [2.05, 4.69) is 37.0 Å². The highest BCUT2D eigenvalue weighted by Gasteiger charge is 2.13. The van der Waals surface area contributed by atoms with E-state index in [1.54, 1.807) is 12.4 Å². The van der Waals surface area contributed by atoms with E-state index in [0.717, 1.165) is 4.47 Å². The van der Waals surface area contributed by atoms with Crippen molar-refractivity contribution in [3.8, 4) is 0 Å². The monoisotopic (exact) mass is 350 g/mol. The molecule has 0 amide bonds. The average Bonchev–Trinajstić information content (AvgIpc) is 2.65. The number of hydrogen-bond acceptors (Lipinski definition) is 1. The maximum Gasteiger partial charge on any atom is 0.145 e. The van der Waals surface area contributed by atoms with Crippen LogP contribution in [0.4, 0.5) is 8.78 Å². The maximum atomic E-state index is 13.6. The van der Waals surface area contributed by atoms with Crippen LogP contribution in [0.1, 0.15) is 5.56 Å². The molecular weight excluding hydrogens is 346 g/mol. The molecule has 0 fully saturated rings. The summed E-state index contributed by atoms with van der Waals surface area (Å²) in [4.78, 5) is 0. The fraction of sp³-hybridized carbons (Fsp3) is 0.100. The Morgan fingerprint density at radius 2 is 2.00 bits per heavy atom. The van der Waals surface area contributed by atoms with Gasteiger partial charge < -0.3 is 0 Å². The Bertz CT molecular complexity index is 526. The lowest BCUT2D eigenvalue weighted by atomic mass is 10.2. The smallest absolute Gasteiger partial charge is 0.145 e. The molecule has 0 saturated heterocycles. The number of nitrogens with zero attached hydrogens (tertiary/aromatic N) is 2. The molecule has 0 N–H and O–H groups in total. The van der Waals surface area contributed by atoms with E-state index in [1.165, 1.54) is 16.8 Å². The van der Waals surface area contributed by atoms with Gasteiger partial charge in [-0.25, -0.2) is 8.78 Å². The fourth-order valence-corrected chi connectivity index (χ4v) is 2.00. The molecule has 0 unspecified atom stereocenters. The second-order valence-corrected chi connectivity index (χ2v) is 4.95. The van der Waals surface area contributed by atoms with Crippen LogP contribution in [0.25, 0.3) is 0 Å². The molecule has 0 bridgehead atoms. The Hall–Kier alpha value is -0.750. The van der Waals surface area contributed by atoms with Crippen molar-refractivity contribution in [3.63, 3.8) is 0 Å². The summed E-state index contributed by atoms with van der Waals surface area (Å²) in [5.41, 5.74) is -0.00928. The van der Waals surface area contributed by atoms with Gasteiger partial charge in [0.15, 0.2) is 0 Å². The molecule has 6 heteroatoms. The van der Waals surface area contributed by atoms with Crippen LogP contribution >= 0.6 is 31.9 Å². The van der Waals surface area contributed by atoms with E-state index in [1.807, 2.05) is 0 Å². The molecule has 0 spiro atoms. The van der Waals surface area contributed by atoms with Crippen LogP contribution in [-0.4, -0.2) is 9.78 Å². The Balaban J connectivity index is 2.37. The Morgan fingerprint density at radius 1 is 1.25 bits per heavy atom. The quantitative estimate of drug-likeness (QED) is 0.754. The topological polar surface area (TPSA) is 17.8 Å². The van der Waals surface area contributed by atoms with Crippen molar-refractivity contribution < 1.29 is 8.78 Å². The van der Waals surface area contributed by atoms with Gasteiger partial charge in [0.1, 0.15) is 11.6 Å². The molecule has 2 aromatic rings. The van der Waals surface area contributed by atoms with Gasteiger partial charge in [0.05, 0.1) is 21.7 Å². The van der Waals surface area contributed by atoms with E-state index in [-0.39, 0.29) is 16.6 Å². The summed E-state index contributed by atoms with van der Waals surface area (Å²) in [5.74, 6) is -1.17. The first-order chi connectivity index (χ1) is 7.58. The maximum absolute atomic E-state index is 13.6. The van der Waals surface area contributed by atoms with Gasteiger partial charge in [0, 0.05) is 11.8 Å². The molecule has 0 radical (unpaired) electrons. The summed E-state index contributed by atoms with van der Waals surface area (Å²) in [5, 5.41) is 3.94. The fourth-order valence-electron chi connectivity index (χ4n) is 1.30. The van der Waals surface area contributed by atoms with Gasteiger partial charge in [0.25, 0.3) is 0 Å². The zero-order valence-electron chi connectivity index (χ0n) is 7.92. The van der Waals surface area contributed by atoms with Crippen molar-refractivity contribution >= 4 is 31.9 Å². The van der Waals surface area contributed by atoms with Crippen LogP contribution in [0, 0.1) is 11.6 Å². The molecule has 0 aliphatic heterocycles. The lowest BCUT2D eigenvalue weighted by Crippen LogP contribution is -2.05. The highest BCUT2D eigenvalue weighted by Crippen LogP contribution is 2.22. The Morgan fingerprint density at radius 3 is 2.62 bits per heavy atom. The molecule has 16 heavy (non-hydrogen) atoms. The zero-order chi connectivity index (χ0) is 11.7. The van der Waals surface area contributed by atoms with Crippen LogP contribution in [0.15, 0.2) is 33.5 Å². The van der Waals surface area contributed by atoms with Gasteiger partial charge in [-0.15, -0.1) is 0 Å². The van der Waals surface area contributed by atoms with Crippen molar-refractivity contribution in [2.75, 3.05) is 0 Å². The lowest BCUT2D eigenvalue weighted by molar-refractivity contribution is 0.529. The predicted octanol–water partition coefficient (Wildman–Crippen LogP) is 3.73. The van der Waals surface area contributed by atoms with Gasteiger partial charge in [-0.2, -0.15) is 5.10 Å². The average molecular weight is 352 g/mol. The van der Waals surface area contributed by atoms with E-state index < -0.39 is 11.6 Å². The van der Waals surface area contributed by atoms with Crippen LogP contribution in [-0.2, 0) is 6.54 Å². The van der Waals surface area contributed by atoms with E-state index in [9.17, 15) is 8.78 Å². The minimum absolute atomic E-state index is 0.00928. The highest BCUT2D eigenvalue weighted by atomic mass is 79.9. The molecule has 2 nitrogen and oxygen atoms in total. The lowest BCUT2D eigenvalue weighted by Gasteiger charge is -2.06. The Kier molecular flexibility index (Phi) is 3.39. The van der Waals surface area contributed by atoms with E-state index in [0.29, 0.717) is 0 Å². The summed E-state index contributed by atoms with van der Waals surface area (Å²) < 4.78 is 29.5. The van der Waals surface area contributed by atoms with Crippen LogP contribution in [0.2, 0.25) is 0 Å². The van der Waals surface area contributed by atoms with Gasteiger partial charge >= 0.3 is 0 Å². The van der Waals surface area contributed by atoms with Crippen molar-refractivity contribution in [1.29, 1.82) is 0 Å².